The summed E-state index contributed by atoms with van der Waals surface area (Å²) in [7, 11) is -3.70. The fourth-order valence-corrected chi connectivity index (χ4v) is 4.53. The third kappa shape index (κ3) is 7.10. The van der Waals surface area contributed by atoms with E-state index in [0.717, 1.165) is 0 Å². The Bertz CT molecular complexity index is 1230. The van der Waals surface area contributed by atoms with E-state index in [-0.39, 0.29) is 28.3 Å². The maximum atomic E-state index is 12.5. The van der Waals surface area contributed by atoms with E-state index in [1.54, 1.807) is 44.2 Å². The molecule has 0 aliphatic heterocycles. The second kappa shape index (κ2) is 10.9. The van der Waals surface area contributed by atoms with E-state index < -0.39 is 15.9 Å². The van der Waals surface area contributed by atoms with Crippen LogP contribution in [0.4, 0.5) is 5.69 Å². The second-order valence-corrected chi connectivity index (χ2v) is 9.82. The number of benzene rings is 3. The number of para-hydroxylation sites is 1. The van der Waals surface area contributed by atoms with Crippen molar-refractivity contribution < 1.29 is 22.7 Å². The zero-order valence-corrected chi connectivity index (χ0v) is 20.2. The Morgan fingerprint density at radius 3 is 2.33 bits per heavy atom. The number of sulfonamides is 1. The van der Waals surface area contributed by atoms with Crippen LogP contribution >= 0.6 is 23.2 Å². The summed E-state index contributed by atoms with van der Waals surface area (Å²) in [4.78, 5) is 12.5. The largest absolute Gasteiger partial charge is 0.482 e. The lowest BCUT2D eigenvalue weighted by molar-refractivity contribution is -0.118. The van der Waals surface area contributed by atoms with E-state index in [1.807, 2.05) is 18.2 Å². The first kappa shape index (κ1) is 24.9. The highest BCUT2D eigenvalue weighted by atomic mass is 35.5. The summed E-state index contributed by atoms with van der Waals surface area (Å²) < 4.78 is 38.3. The number of hydrogen-bond donors (Lipinski definition) is 2. The molecule has 33 heavy (non-hydrogen) atoms. The van der Waals surface area contributed by atoms with Gasteiger partial charge in [0.05, 0.1) is 15.6 Å². The summed E-state index contributed by atoms with van der Waals surface area (Å²) in [5.74, 6) is 0.691. The maximum Gasteiger partial charge on any atom is 0.262 e. The fraction of sp³-hybridized carbons (Fsp3) is 0.174. The molecule has 0 radical (unpaired) electrons. The molecule has 0 aromatic heterocycles. The van der Waals surface area contributed by atoms with Gasteiger partial charge in [0.2, 0.25) is 10.0 Å². The SMILES string of the molecule is CC(C)NS(=O)(=O)c1ccc(OCC(=O)Nc2cc(Cl)ccc2Oc2ccccc2)c(Cl)c1. The molecule has 7 nitrogen and oxygen atoms in total. The van der Waals surface area contributed by atoms with Crippen molar-refractivity contribution in [2.24, 2.45) is 0 Å². The van der Waals surface area contributed by atoms with Gasteiger partial charge in [0, 0.05) is 11.1 Å². The van der Waals surface area contributed by atoms with Gasteiger partial charge in [0.25, 0.3) is 5.91 Å². The standard InChI is InChI=1S/C23H22Cl2N2O5S/c1-15(2)27-33(29,30)18-9-11-21(19(25)13-18)31-14-23(28)26-20-12-16(24)8-10-22(20)32-17-6-4-3-5-7-17/h3-13,15,27H,14H2,1-2H3,(H,26,28). The summed E-state index contributed by atoms with van der Waals surface area (Å²) in [6, 6.07) is 17.7. The molecule has 0 unspecified atom stereocenters. The van der Waals surface area contributed by atoms with Gasteiger partial charge in [-0.25, -0.2) is 13.1 Å². The molecular formula is C23H22Cl2N2O5S. The Balaban J connectivity index is 1.67. The molecule has 0 spiro atoms. The Labute approximate surface area is 202 Å². The number of carbonyl (C=O) groups excluding carboxylic acids is 1. The average Bonchev–Trinajstić information content (AvgIpc) is 2.74. The van der Waals surface area contributed by atoms with Crippen molar-refractivity contribution >= 4 is 44.8 Å². The summed E-state index contributed by atoms with van der Waals surface area (Å²) in [6.45, 7) is 3.06. The quantitative estimate of drug-likeness (QED) is 0.398. The first-order valence-corrected chi connectivity index (χ1v) is 12.1. The molecule has 3 rings (SSSR count). The lowest BCUT2D eigenvalue weighted by atomic mass is 10.2. The zero-order chi connectivity index (χ0) is 24.0. The van der Waals surface area contributed by atoms with Crippen molar-refractivity contribution in [1.82, 2.24) is 4.72 Å². The molecule has 3 aromatic rings. The third-order valence-electron chi connectivity index (χ3n) is 4.15. The number of anilines is 1. The minimum atomic E-state index is -3.70. The van der Waals surface area contributed by atoms with Crippen molar-refractivity contribution in [3.05, 3.63) is 76.8 Å². The van der Waals surface area contributed by atoms with Gasteiger partial charge in [0.15, 0.2) is 12.4 Å². The van der Waals surface area contributed by atoms with Crippen LogP contribution in [0.3, 0.4) is 0 Å². The van der Waals surface area contributed by atoms with E-state index in [9.17, 15) is 13.2 Å². The number of halogens is 2. The number of ether oxygens (including phenoxy) is 2. The number of hydrogen-bond acceptors (Lipinski definition) is 5. The van der Waals surface area contributed by atoms with Crippen LogP contribution in [-0.4, -0.2) is 27.0 Å². The second-order valence-electron chi connectivity index (χ2n) is 7.26. The minimum Gasteiger partial charge on any atom is -0.482 e. The average molecular weight is 509 g/mol. The maximum absolute atomic E-state index is 12.5. The van der Waals surface area contributed by atoms with Crippen LogP contribution in [-0.2, 0) is 14.8 Å². The van der Waals surface area contributed by atoms with Crippen molar-refractivity contribution in [3.8, 4) is 17.2 Å². The molecule has 0 aliphatic rings. The first-order valence-electron chi connectivity index (χ1n) is 9.91. The Morgan fingerprint density at radius 2 is 1.67 bits per heavy atom. The molecule has 3 aromatic carbocycles. The molecule has 10 heteroatoms. The molecule has 0 atom stereocenters. The van der Waals surface area contributed by atoms with Crippen LogP contribution in [0.2, 0.25) is 10.0 Å². The van der Waals surface area contributed by atoms with Gasteiger partial charge >= 0.3 is 0 Å². The van der Waals surface area contributed by atoms with Crippen molar-refractivity contribution in [2.75, 3.05) is 11.9 Å². The summed E-state index contributed by atoms with van der Waals surface area (Å²) in [5, 5.41) is 3.17. The third-order valence-corrected chi connectivity index (χ3v) is 6.34. The van der Waals surface area contributed by atoms with Gasteiger partial charge in [-0.2, -0.15) is 0 Å². The monoisotopic (exact) mass is 508 g/mol. The molecular weight excluding hydrogens is 487 g/mol. The predicted octanol–water partition coefficient (Wildman–Crippen LogP) is 5.49. The van der Waals surface area contributed by atoms with Crippen LogP contribution in [0.15, 0.2) is 71.6 Å². The molecule has 0 saturated carbocycles. The summed E-state index contributed by atoms with van der Waals surface area (Å²) in [5.41, 5.74) is 0.368. The summed E-state index contributed by atoms with van der Waals surface area (Å²) >= 11 is 12.2. The zero-order valence-electron chi connectivity index (χ0n) is 17.8. The Kier molecular flexibility index (Phi) is 8.20. The number of amides is 1. The lowest BCUT2D eigenvalue weighted by Gasteiger charge is -2.14. The molecule has 0 heterocycles. The first-order chi connectivity index (χ1) is 15.6. The van der Waals surface area contributed by atoms with Gasteiger partial charge in [0.1, 0.15) is 11.5 Å². The van der Waals surface area contributed by atoms with Crippen LogP contribution in [0.25, 0.3) is 0 Å². The number of carbonyl (C=O) groups is 1. The van der Waals surface area contributed by atoms with Gasteiger partial charge in [-0.1, -0.05) is 41.4 Å². The van der Waals surface area contributed by atoms with Crippen molar-refractivity contribution in [1.29, 1.82) is 0 Å². The molecule has 174 valence electrons. The number of nitrogens with one attached hydrogen (secondary N) is 2. The fourth-order valence-electron chi connectivity index (χ4n) is 2.78. The van der Waals surface area contributed by atoms with E-state index in [2.05, 4.69) is 10.0 Å². The molecule has 0 aliphatic carbocycles. The Morgan fingerprint density at radius 1 is 0.970 bits per heavy atom. The summed E-state index contributed by atoms with van der Waals surface area (Å²) in [6.07, 6.45) is 0. The molecule has 0 saturated heterocycles. The highest BCUT2D eigenvalue weighted by molar-refractivity contribution is 7.89. The smallest absolute Gasteiger partial charge is 0.262 e. The van der Waals surface area contributed by atoms with Gasteiger partial charge in [-0.05, 0) is 62.4 Å². The van der Waals surface area contributed by atoms with E-state index >= 15 is 0 Å². The van der Waals surface area contributed by atoms with Gasteiger partial charge in [-0.3, -0.25) is 4.79 Å². The number of rotatable bonds is 9. The highest BCUT2D eigenvalue weighted by Gasteiger charge is 2.18. The van der Waals surface area contributed by atoms with Crippen molar-refractivity contribution in [3.63, 3.8) is 0 Å². The van der Waals surface area contributed by atoms with Crippen LogP contribution in [0, 0.1) is 0 Å². The minimum absolute atomic E-state index is 0.000341. The van der Waals surface area contributed by atoms with Crippen molar-refractivity contribution in [2.45, 2.75) is 24.8 Å². The molecule has 0 bridgehead atoms. The van der Waals surface area contributed by atoms with Crippen LogP contribution < -0.4 is 19.5 Å². The van der Waals surface area contributed by atoms with Crippen LogP contribution in [0.5, 0.6) is 17.2 Å². The van der Waals surface area contributed by atoms with Gasteiger partial charge < -0.3 is 14.8 Å². The lowest BCUT2D eigenvalue weighted by Crippen LogP contribution is -2.30. The molecule has 1 amide bonds. The highest BCUT2D eigenvalue weighted by Crippen LogP contribution is 2.32. The predicted molar refractivity (Wildman–Crippen MR) is 129 cm³/mol. The topological polar surface area (TPSA) is 93.7 Å². The van der Waals surface area contributed by atoms with E-state index in [0.29, 0.717) is 22.2 Å². The normalized spacial score (nSPS) is 11.3. The molecule has 0 fully saturated rings. The van der Waals surface area contributed by atoms with Gasteiger partial charge in [-0.15, -0.1) is 0 Å². The Hall–Kier alpha value is -2.78. The van der Waals surface area contributed by atoms with E-state index in [4.69, 9.17) is 32.7 Å². The van der Waals surface area contributed by atoms with Crippen LogP contribution in [0.1, 0.15) is 13.8 Å². The molecule has 2 N–H and O–H groups in total. The van der Waals surface area contributed by atoms with E-state index in [1.165, 1.54) is 18.2 Å².